The predicted molar refractivity (Wildman–Crippen MR) is 78.5 cm³/mol. The topological polar surface area (TPSA) is 69.9 Å². The molecule has 0 aliphatic heterocycles. The van der Waals surface area contributed by atoms with Crippen molar-refractivity contribution in [1.29, 1.82) is 0 Å². The van der Waals surface area contributed by atoms with Crippen LogP contribution in [-0.2, 0) is 11.3 Å². The Morgan fingerprint density at radius 1 is 1.36 bits per heavy atom. The minimum atomic E-state index is -0.298. The lowest BCUT2D eigenvalue weighted by atomic mass is 10.2. The lowest BCUT2D eigenvalue weighted by molar-refractivity contribution is 0.111. The molecule has 8 heteroatoms. The van der Waals surface area contributed by atoms with Crippen LogP contribution >= 0.6 is 11.3 Å². The van der Waals surface area contributed by atoms with E-state index in [0.29, 0.717) is 22.8 Å². The first-order chi connectivity index (χ1) is 10.7. The Labute approximate surface area is 129 Å². The number of nitrogens with zero attached hydrogens (tertiary/aromatic N) is 4. The van der Waals surface area contributed by atoms with Crippen LogP contribution in [0.2, 0.25) is 0 Å². The van der Waals surface area contributed by atoms with Gasteiger partial charge in [-0.25, -0.2) is 9.37 Å². The number of aromatic nitrogens is 4. The van der Waals surface area contributed by atoms with E-state index in [2.05, 4.69) is 15.3 Å². The van der Waals surface area contributed by atoms with Gasteiger partial charge < -0.3 is 4.74 Å². The molecule has 0 saturated heterocycles. The van der Waals surface area contributed by atoms with Crippen molar-refractivity contribution in [3.63, 3.8) is 0 Å². The van der Waals surface area contributed by atoms with Gasteiger partial charge >= 0.3 is 0 Å². The molecule has 0 saturated carbocycles. The summed E-state index contributed by atoms with van der Waals surface area (Å²) in [5, 5.41) is 10.1. The molecule has 112 valence electrons. The molecular formula is C14H11FN4O2S. The maximum absolute atomic E-state index is 13.0. The third-order valence-electron chi connectivity index (χ3n) is 3.00. The minimum Gasteiger partial charge on any atom is -0.378 e. The molecule has 0 bridgehead atoms. The largest absolute Gasteiger partial charge is 0.378 e. The van der Waals surface area contributed by atoms with Crippen molar-refractivity contribution in [1.82, 2.24) is 20.0 Å². The Morgan fingerprint density at radius 2 is 2.14 bits per heavy atom. The van der Waals surface area contributed by atoms with Gasteiger partial charge in [0.1, 0.15) is 11.5 Å². The van der Waals surface area contributed by atoms with Gasteiger partial charge in [0.25, 0.3) is 0 Å². The summed E-state index contributed by atoms with van der Waals surface area (Å²) in [6, 6.07) is 6.07. The maximum Gasteiger partial charge on any atom is 0.212 e. The number of aldehydes is 1. The molecule has 0 fully saturated rings. The number of carbonyl (C=O) groups is 1. The SMILES string of the molecule is COCc1c(C=O)nnn1-c1nc(-c2ccc(F)cc2)cs1. The summed E-state index contributed by atoms with van der Waals surface area (Å²) >= 11 is 1.35. The molecule has 2 aromatic heterocycles. The van der Waals surface area contributed by atoms with E-state index < -0.39 is 0 Å². The molecule has 0 spiro atoms. The van der Waals surface area contributed by atoms with E-state index in [1.807, 2.05) is 5.38 Å². The molecule has 3 aromatic rings. The van der Waals surface area contributed by atoms with Crippen LogP contribution in [0.4, 0.5) is 4.39 Å². The van der Waals surface area contributed by atoms with E-state index in [4.69, 9.17) is 4.74 Å². The second-order valence-corrected chi connectivity index (χ2v) is 5.24. The van der Waals surface area contributed by atoms with Crippen LogP contribution in [0.5, 0.6) is 0 Å². The zero-order chi connectivity index (χ0) is 15.5. The van der Waals surface area contributed by atoms with E-state index in [0.717, 1.165) is 5.56 Å². The highest BCUT2D eigenvalue weighted by atomic mass is 32.1. The van der Waals surface area contributed by atoms with E-state index >= 15 is 0 Å². The zero-order valence-electron chi connectivity index (χ0n) is 11.6. The number of ether oxygens (including phenoxy) is 1. The number of halogens is 1. The molecule has 0 atom stereocenters. The van der Waals surface area contributed by atoms with Gasteiger partial charge in [0.05, 0.1) is 12.3 Å². The monoisotopic (exact) mass is 318 g/mol. The van der Waals surface area contributed by atoms with Crippen molar-refractivity contribution in [3.05, 3.63) is 46.9 Å². The first-order valence-electron chi connectivity index (χ1n) is 6.33. The van der Waals surface area contributed by atoms with Gasteiger partial charge in [0.15, 0.2) is 12.0 Å². The highest BCUT2D eigenvalue weighted by Gasteiger charge is 2.16. The first-order valence-corrected chi connectivity index (χ1v) is 7.21. The molecule has 0 aliphatic carbocycles. The highest BCUT2D eigenvalue weighted by Crippen LogP contribution is 2.25. The number of hydrogen-bond donors (Lipinski definition) is 0. The number of methoxy groups -OCH3 is 1. The second kappa shape index (κ2) is 6.12. The van der Waals surface area contributed by atoms with Crippen LogP contribution in [0.25, 0.3) is 16.4 Å². The lowest BCUT2D eigenvalue weighted by Crippen LogP contribution is -2.04. The highest BCUT2D eigenvalue weighted by molar-refractivity contribution is 7.12. The quantitative estimate of drug-likeness (QED) is 0.676. The number of benzene rings is 1. The van der Waals surface area contributed by atoms with Crippen LogP contribution in [0, 0.1) is 5.82 Å². The minimum absolute atomic E-state index is 0.201. The molecule has 0 amide bonds. The Morgan fingerprint density at radius 3 is 2.82 bits per heavy atom. The van der Waals surface area contributed by atoms with Crippen molar-refractivity contribution in [2.24, 2.45) is 0 Å². The number of thiazole rings is 1. The van der Waals surface area contributed by atoms with Crippen molar-refractivity contribution in [2.75, 3.05) is 7.11 Å². The number of rotatable bonds is 5. The number of hydrogen-bond acceptors (Lipinski definition) is 6. The van der Waals surface area contributed by atoms with E-state index in [-0.39, 0.29) is 18.1 Å². The molecular weight excluding hydrogens is 307 g/mol. The van der Waals surface area contributed by atoms with Crippen LogP contribution in [0.1, 0.15) is 16.2 Å². The molecule has 22 heavy (non-hydrogen) atoms. The zero-order valence-corrected chi connectivity index (χ0v) is 12.4. The maximum atomic E-state index is 13.0. The Hall–Kier alpha value is -2.45. The average Bonchev–Trinajstić information content (AvgIpc) is 3.15. The van der Waals surface area contributed by atoms with Gasteiger partial charge in [-0.15, -0.1) is 16.4 Å². The normalized spacial score (nSPS) is 10.8. The summed E-state index contributed by atoms with van der Waals surface area (Å²) in [6.07, 6.45) is 0.631. The van der Waals surface area contributed by atoms with Crippen molar-refractivity contribution in [3.8, 4) is 16.4 Å². The Bertz CT molecular complexity index is 798. The lowest BCUT2D eigenvalue weighted by Gasteiger charge is -2.01. The van der Waals surface area contributed by atoms with Crippen molar-refractivity contribution >= 4 is 17.6 Å². The average molecular weight is 318 g/mol. The fourth-order valence-corrected chi connectivity index (χ4v) is 2.75. The van der Waals surface area contributed by atoms with Crippen molar-refractivity contribution in [2.45, 2.75) is 6.61 Å². The first kappa shape index (κ1) is 14.5. The van der Waals surface area contributed by atoms with Crippen molar-refractivity contribution < 1.29 is 13.9 Å². The van der Waals surface area contributed by atoms with Gasteiger partial charge in [0, 0.05) is 18.1 Å². The van der Waals surface area contributed by atoms with E-state index in [1.54, 1.807) is 12.1 Å². The summed E-state index contributed by atoms with van der Waals surface area (Å²) in [4.78, 5) is 15.4. The fraction of sp³-hybridized carbons (Fsp3) is 0.143. The van der Waals surface area contributed by atoms with Gasteiger partial charge in [-0.3, -0.25) is 4.79 Å². The third-order valence-corrected chi connectivity index (χ3v) is 3.82. The molecule has 0 aliphatic rings. The fourth-order valence-electron chi connectivity index (χ4n) is 1.94. The molecule has 6 nitrogen and oxygen atoms in total. The summed E-state index contributed by atoms with van der Waals surface area (Å²) in [5.41, 5.74) is 2.26. The molecule has 0 radical (unpaired) electrons. The summed E-state index contributed by atoms with van der Waals surface area (Å²) in [6.45, 7) is 0.201. The predicted octanol–water partition coefficient (Wildman–Crippen LogP) is 2.49. The summed E-state index contributed by atoms with van der Waals surface area (Å²) in [5.74, 6) is -0.298. The van der Waals surface area contributed by atoms with E-state index in [9.17, 15) is 9.18 Å². The molecule has 3 rings (SSSR count). The van der Waals surface area contributed by atoms with Gasteiger partial charge in [-0.1, -0.05) is 5.21 Å². The van der Waals surface area contributed by atoms with Crippen LogP contribution in [0.3, 0.4) is 0 Å². The number of carbonyl (C=O) groups excluding carboxylic acids is 1. The summed E-state index contributed by atoms with van der Waals surface area (Å²) in [7, 11) is 1.53. The van der Waals surface area contributed by atoms with Crippen LogP contribution in [-0.4, -0.2) is 33.4 Å². The van der Waals surface area contributed by atoms with Gasteiger partial charge in [0.2, 0.25) is 5.13 Å². The smallest absolute Gasteiger partial charge is 0.212 e. The Kier molecular flexibility index (Phi) is 4.03. The van der Waals surface area contributed by atoms with Crippen LogP contribution < -0.4 is 0 Å². The third kappa shape index (κ3) is 2.66. The van der Waals surface area contributed by atoms with E-state index in [1.165, 1.54) is 35.3 Å². The molecule has 0 unspecified atom stereocenters. The molecule has 0 N–H and O–H groups in total. The molecule has 2 heterocycles. The standard InChI is InChI=1S/C14H11FN4O2S/c1-21-7-13-11(6-20)17-18-19(13)14-16-12(8-22-14)9-2-4-10(15)5-3-9/h2-6,8H,7H2,1H3. The second-order valence-electron chi connectivity index (χ2n) is 4.41. The van der Waals surface area contributed by atoms with Gasteiger partial charge in [-0.05, 0) is 24.3 Å². The van der Waals surface area contributed by atoms with Crippen LogP contribution in [0.15, 0.2) is 29.6 Å². The summed E-state index contributed by atoms with van der Waals surface area (Å²) < 4.78 is 19.5. The molecule has 1 aromatic carbocycles. The van der Waals surface area contributed by atoms with Gasteiger partial charge in [-0.2, -0.15) is 4.68 Å². The Balaban J connectivity index is 1.99.